The Kier molecular flexibility index (Phi) is 5.82. The molecular weight excluding hydrogens is 371 g/mol. The molecule has 0 saturated carbocycles. The molecule has 146 valence electrons. The molecular formula is C23H19F5. The molecule has 0 aromatic heterocycles. The Hall–Kier alpha value is -2.69. The summed E-state index contributed by atoms with van der Waals surface area (Å²) in [5, 5.41) is 0. The van der Waals surface area contributed by atoms with E-state index in [-0.39, 0.29) is 11.4 Å². The van der Waals surface area contributed by atoms with Crippen molar-refractivity contribution >= 4 is 0 Å². The van der Waals surface area contributed by atoms with E-state index in [9.17, 15) is 22.0 Å². The van der Waals surface area contributed by atoms with E-state index in [0.717, 1.165) is 17.7 Å². The first-order valence-electron chi connectivity index (χ1n) is 8.98. The Morgan fingerprint density at radius 2 is 1.54 bits per heavy atom. The second kappa shape index (κ2) is 8.13. The van der Waals surface area contributed by atoms with E-state index in [4.69, 9.17) is 0 Å². The fraction of sp³-hybridized carbons (Fsp3) is 0.217. The molecule has 0 spiro atoms. The summed E-state index contributed by atoms with van der Waals surface area (Å²) in [6.45, 7) is 1.80. The summed E-state index contributed by atoms with van der Waals surface area (Å²) in [5.41, 5.74) is 1.21. The highest BCUT2D eigenvalue weighted by Crippen LogP contribution is 2.35. The highest BCUT2D eigenvalue weighted by molar-refractivity contribution is 5.40. The third-order valence-corrected chi connectivity index (χ3v) is 4.79. The molecule has 3 rings (SSSR count). The minimum absolute atomic E-state index is 0.213. The normalized spacial score (nSPS) is 12.8. The molecule has 0 aliphatic heterocycles. The lowest BCUT2D eigenvalue weighted by molar-refractivity contribution is -0.137. The lowest BCUT2D eigenvalue weighted by atomic mass is 9.84. The van der Waals surface area contributed by atoms with Crippen molar-refractivity contribution in [3.63, 3.8) is 0 Å². The first-order valence-corrected chi connectivity index (χ1v) is 8.98. The van der Waals surface area contributed by atoms with Gasteiger partial charge in [0.05, 0.1) is 5.56 Å². The summed E-state index contributed by atoms with van der Waals surface area (Å²) >= 11 is 0. The first-order chi connectivity index (χ1) is 13.3. The summed E-state index contributed by atoms with van der Waals surface area (Å²) < 4.78 is 67.5. The van der Waals surface area contributed by atoms with Crippen molar-refractivity contribution in [1.82, 2.24) is 0 Å². The van der Waals surface area contributed by atoms with Crippen molar-refractivity contribution in [2.75, 3.05) is 0 Å². The molecule has 3 aromatic rings. The van der Waals surface area contributed by atoms with Gasteiger partial charge in [0.15, 0.2) is 0 Å². The predicted molar refractivity (Wildman–Crippen MR) is 99.2 cm³/mol. The molecule has 0 heterocycles. The zero-order valence-corrected chi connectivity index (χ0v) is 15.2. The molecule has 0 saturated heterocycles. The molecule has 0 bridgehead atoms. The summed E-state index contributed by atoms with van der Waals surface area (Å²) in [5.74, 6) is -1.84. The van der Waals surface area contributed by atoms with Gasteiger partial charge < -0.3 is 0 Å². The Morgan fingerprint density at radius 1 is 0.821 bits per heavy atom. The predicted octanol–water partition coefficient (Wildman–Crippen LogP) is 6.92. The molecule has 0 fully saturated rings. The highest BCUT2D eigenvalue weighted by Gasteiger charge is 2.32. The number of benzene rings is 3. The maximum Gasteiger partial charge on any atom is 0.416 e. The van der Waals surface area contributed by atoms with Gasteiger partial charge in [0.1, 0.15) is 11.6 Å². The maximum absolute atomic E-state index is 14.0. The topological polar surface area (TPSA) is 0 Å². The molecule has 0 nitrogen and oxygen atoms in total. The van der Waals surface area contributed by atoms with E-state index in [1.807, 2.05) is 30.3 Å². The summed E-state index contributed by atoms with van der Waals surface area (Å²) in [6.07, 6.45) is -3.82. The zero-order chi connectivity index (χ0) is 20.3. The van der Waals surface area contributed by atoms with Gasteiger partial charge in [0.2, 0.25) is 0 Å². The van der Waals surface area contributed by atoms with Crippen LogP contribution in [-0.2, 0) is 19.0 Å². The average Bonchev–Trinajstić information content (AvgIpc) is 2.66. The van der Waals surface area contributed by atoms with Crippen LogP contribution < -0.4 is 0 Å². The standard InChI is InChI=1S/C23H19F5/c1-2-16-11-17(8-9-22(16)25)21(10-15-6-4-3-5-7-15)18-12-19(23(26,27)28)14-20(24)13-18/h3-9,11-14,21H,2,10H2,1H3/t21-/m0/s1. The number of rotatable bonds is 5. The molecule has 3 aromatic carbocycles. The molecule has 28 heavy (non-hydrogen) atoms. The lowest BCUT2D eigenvalue weighted by Crippen LogP contribution is -2.11. The molecule has 5 heteroatoms. The SMILES string of the molecule is CCc1cc([C@H](Cc2ccccc2)c2cc(F)cc(C(F)(F)F)c2)ccc1F. The van der Waals surface area contributed by atoms with Gasteiger partial charge in [-0.15, -0.1) is 0 Å². The zero-order valence-electron chi connectivity index (χ0n) is 15.2. The van der Waals surface area contributed by atoms with Crippen LogP contribution in [0.5, 0.6) is 0 Å². The van der Waals surface area contributed by atoms with Crippen molar-refractivity contribution in [3.05, 3.63) is 106 Å². The average molecular weight is 390 g/mol. The second-order valence-electron chi connectivity index (χ2n) is 6.72. The van der Waals surface area contributed by atoms with Crippen LogP contribution in [0.3, 0.4) is 0 Å². The molecule has 0 aliphatic rings. The summed E-state index contributed by atoms with van der Waals surface area (Å²) in [6, 6.07) is 16.4. The van der Waals surface area contributed by atoms with Crippen molar-refractivity contribution in [2.45, 2.75) is 31.9 Å². The number of halogens is 5. The van der Waals surface area contributed by atoms with Crippen LogP contribution >= 0.6 is 0 Å². The van der Waals surface area contributed by atoms with Crippen LogP contribution in [0.2, 0.25) is 0 Å². The Bertz CT molecular complexity index is 945. The van der Waals surface area contributed by atoms with Crippen molar-refractivity contribution in [1.29, 1.82) is 0 Å². The van der Waals surface area contributed by atoms with E-state index in [2.05, 4.69) is 0 Å². The van der Waals surface area contributed by atoms with Crippen LogP contribution in [0.25, 0.3) is 0 Å². The fourth-order valence-electron chi connectivity index (χ4n) is 3.34. The van der Waals surface area contributed by atoms with Crippen LogP contribution in [0, 0.1) is 11.6 Å². The smallest absolute Gasteiger partial charge is 0.207 e. The van der Waals surface area contributed by atoms with Crippen molar-refractivity contribution in [2.24, 2.45) is 0 Å². The minimum Gasteiger partial charge on any atom is -0.207 e. The Labute approximate surface area is 160 Å². The van der Waals surface area contributed by atoms with E-state index < -0.39 is 23.5 Å². The number of alkyl halides is 3. The Balaban J connectivity index is 2.13. The van der Waals surface area contributed by atoms with E-state index in [1.54, 1.807) is 19.1 Å². The summed E-state index contributed by atoms with van der Waals surface area (Å²) in [4.78, 5) is 0. The third kappa shape index (κ3) is 4.58. The second-order valence-corrected chi connectivity index (χ2v) is 6.72. The molecule has 1 atom stereocenters. The Morgan fingerprint density at radius 3 is 2.18 bits per heavy atom. The van der Waals surface area contributed by atoms with Gasteiger partial charge in [-0.25, -0.2) is 8.78 Å². The van der Waals surface area contributed by atoms with E-state index >= 15 is 0 Å². The van der Waals surface area contributed by atoms with Crippen LogP contribution in [-0.4, -0.2) is 0 Å². The molecule has 0 aliphatic carbocycles. The van der Waals surface area contributed by atoms with Gasteiger partial charge in [0.25, 0.3) is 0 Å². The van der Waals surface area contributed by atoms with Crippen molar-refractivity contribution in [3.8, 4) is 0 Å². The van der Waals surface area contributed by atoms with Gasteiger partial charge in [-0.3, -0.25) is 0 Å². The minimum atomic E-state index is -4.65. The fourth-order valence-corrected chi connectivity index (χ4v) is 3.34. The van der Waals surface area contributed by atoms with Crippen LogP contribution in [0.15, 0.2) is 66.7 Å². The molecule has 0 amide bonds. The highest BCUT2D eigenvalue weighted by atomic mass is 19.4. The van der Waals surface area contributed by atoms with Gasteiger partial charge in [-0.05, 0) is 59.4 Å². The number of hydrogen-bond acceptors (Lipinski definition) is 0. The summed E-state index contributed by atoms with van der Waals surface area (Å²) in [7, 11) is 0. The van der Waals surface area contributed by atoms with Gasteiger partial charge in [-0.2, -0.15) is 13.2 Å². The monoisotopic (exact) mass is 390 g/mol. The largest absolute Gasteiger partial charge is 0.416 e. The number of hydrogen-bond donors (Lipinski definition) is 0. The van der Waals surface area contributed by atoms with Gasteiger partial charge >= 0.3 is 6.18 Å². The van der Waals surface area contributed by atoms with E-state index in [1.165, 1.54) is 6.07 Å². The lowest BCUT2D eigenvalue weighted by Gasteiger charge is -2.21. The third-order valence-electron chi connectivity index (χ3n) is 4.79. The molecule has 0 unspecified atom stereocenters. The number of aryl methyl sites for hydroxylation is 1. The van der Waals surface area contributed by atoms with Gasteiger partial charge in [0, 0.05) is 5.92 Å². The van der Waals surface area contributed by atoms with Crippen LogP contribution in [0.1, 0.15) is 40.7 Å². The molecule has 0 N–H and O–H groups in total. The molecule has 0 radical (unpaired) electrons. The van der Waals surface area contributed by atoms with Crippen molar-refractivity contribution < 1.29 is 22.0 Å². The van der Waals surface area contributed by atoms with Gasteiger partial charge in [-0.1, -0.05) is 49.4 Å². The maximum atomic E-state index is 14.0. The van der Waals surface area contributed by atoms with Crippen LogP contribution in [0.4, 0.5) is 22.0 Å². The van der Waals surface area contributed by atoms with E-state index in [0.29, 0.717) is 30.0 Å². The quantitative estimate of drug-likeness (QED) is 0.415. The first kappa shape index (κ1) is 20.1.